The van der Waals surface area contributed by atoms with Crippen LogP contribution in [0.25, 0.3) is 43.9 Å². The van der Waals surface area contributed by atoms with Gasteiger partial charge in [0.1, 0.15) is 22.3 Å². The molecule has 0 aliphatic rings. The molecular weight excluding hydrogens is 447 g/mol. The van der Waals surface area contributed by atoms with Crippen molar-refractivity contribution in [2.45, 2.75) is 0 Å². The van der Waals surface area contributed by atoms with Gasteiger partial charge in [-0.3, -0.25) is 0 Å². The lowest BCUT2D eigenvalue weighted by molar-refractivity contribution is 0.668. The van der Waals surface area contributed by atoms with Crippen molar-refractivity contribution >= 4 is 66.5 Å². The number of hydrogen-bond donors (Lipinski definition) is 0. The van der Waals surface area contributed by atoms with E-state index in [0.717, 1.165) is 22.3 Å². The smallest absolute Gasteiger partial charge is 0.135 e. The topological polar surface area (TPSA) is 26.3 Å². The first-order valence-corrected chi connectivity index (χ1v) is 9.80. The van der Waals surface area contributed by atoms with Gasteiger partial charge in [0.05, 0.1) is 0 Å². The van der Waals surface area contributed by atoms with E-state index >= 15 is 0 Å². The molecule has 0 aliphatic heterocycles. The number of fused-ring (bicyclic) bond motifs is 6. The molecule has 2 heterocycles. The van der Waals surface area contributed by atoms with Gasteiger partial charge in [0.25, 0.3) is 0 Å². The number of rotatable bonds is 0. The van der Waals surface area contributed by atoms with Crippen molar-refractivity contribution in [3.63, 3.8) is 0 Å². The van der Waals surface area contributed by atoms with Gasteiger partial charge in [0.15, 0.2) is 0 Å². The van der Waals surface area contributed by atoms with Crippen LogP contribution in [0.1, 0.15) is 0 Å². The van der Waals surface area contributed by atoms with E-state index in [9.17, 15) is 0 Å². The molecule has 6 aromatic rings. The summed E-state index contributed by atoms with van der Waals surface area (Å²) in [7, 11) is 0. The van der Waals surface area contributed by atoms with Gasteiger partial charge >= 0.3 is 0 Å². The fourth-order valence-corrected chi connectivity index (χ4v) is 3.86. The quantitative estimate of drug-likeness (QED) is 0.216. The van der Waals surface area contributed by atoms with E-state index in [1.165, 1.54) is 25.1 Å². The maximum Gasteiger partial charge on any atom is 0.135 e. The Kier molecular flexibility index (Phi) is 4.09. The third-order valence-electron chi connectivity index (χ3n) is 4.62. The number of benzene rings is 4. The average molecular weight is 462 g/mol. The molecule has 0 fully saturated rings. The molecule has 0 atom stereocenters. The molecule has 2 aromatic heterocycles. The third kappa shape index (κ3) is 2.98. The van der Waals surface area contributed by atoms with Crippen molar-refractivity contribution in [3.05, 3.63) is 94.6 Å². The second kappa shape index (κ2) is 6.74. The third-order valence-corrected chi connectivity index (χ3v) is 5.29. The van der Waals surface area contributed by atoms with E-state index in [-0.39, 0.29) is 0 Å². The first-order chi connectivity index (χ1) is 13.3. The highest BCUT2D eigenvalue weighted by molar-refractivity contribution is 14.1. The van der Waals surface area contributed by atoms with Gasteiger partial charge in [-0.15, -0.1) is 0 Å². The highest BCUT2D eigenvalue weighted by Crippen LogP contribution is 2.29. The molecule has 0 bridgehead atoms. The minimum atomic E-state index is 0.962. The van der Waals surface area contributed by atoms with Crippen LogP contribution < -0.4 is 0 Å². The molecule has 4 aromatic carbocycles. The normalized spacial score (nSPS) is 11.1. The van der Waals surface area contributed by atoms with E-state index in [2.05, 4.69) is 52.9 Å². The molecule has 0 saturated heterocycles. The first-order valence-electron chi connectivity index (χ1n) is 8.73. The summed E-state index contributed by atoms with van der Waals surface area (Å²) in [5.41, 5.74) is 3.85. The zero-order valence-electron chi connectivity index (χ0n) is 14.4. The van der Waals surface area contributed by atoms with Crippen molar-refractivity contribution in [2.24, 2.45) is 0 Å². The number of halogens is 1. The van der Waals surface area contributed by atoms with Crippen molar-refractivity contribution in [1.82, 2.24) is 0 Å². The second-order valence-corrected chi connectivity index (χ2v) is 7.58. The SMILES string of the molecule is Ic1ccc2oc3ccccc3c2c1.c1ccc2c(c1)oc1ccccc12. The largest absolute Gasteiger partial charge is 0.456 e. The van der Waals surface area contributed by atoms with Gasteiger partial charge in [0, 0.05) is 25.1 Å². The van der Waals surface area contributed by atoms with Crippen LogP contribution in [0, 0.1) is 3.57 Å². The molecule has 6 rings (SSSR count). The van der Waals surface area contributed by atoms with Gasteiger partial charge in [0.2, 0.25) is 0 Å². The van der Waals surface area contributed by atoms with Crippen LogP contribution in [0.15, 0.2) is 99.8 Å². The minimum Gasteiger partial charge on any atom is -0.456 e. The van der Waals surface area contributed by atoms with E-state index in [1.54, 1.807) is 0 Å². The van der Waals surface area contributed by atoms with Gasteiger partial charge in [-0.05, 0) is 59.0 Å². The van der Waals surface area contributed by atoms with Crippen LogP contribution in [0.5, 0.6) is 0 Å². The van der Waals surface area contributed by atoms with E-state index < -0.39 is 0 Å². The Labute approximate surface area is 169 Å². The van der Waals surface area contributed by atoms with E-state index in [4.69, 9.17) is 8.83 Å². The molecule has 0 radical (unpaired) electrons. The molecule has 0 unspecified atom stereocenters. The number of para-hydroxylation sites is 3. The summed E-state index contributed by atoms with van der Waals surface area (Å²) >= 11 is 2.32. The van der Waals surface area contributed by atoms with E-state index in [1.807, 2.05) is 60.7 Å². The zero-order valence-corrected chi connectivity index (χ0v) is 16.5. The van der Waals surface area contributed by atoms with Gasteiger partial charge in [-0.1, -0.05) is 54.6 Å². The molecule has 0 saturated carbocycles. The number of hydrogen-bond acceptors (Lipinski definition) is 2. The Morgan fingerprint density at radius 3 is 1.37 bits per heavy atom. The average Bonchev–Trinajstić information content (AvgIpc) is 3.26. The Morgan fingerprint density at radius 2 is 0.852 bits per heavy atom. The molecule has 2 nitrogen and oxygen atoms in total. The Morgan fingerprint density at radius 1 is 0.444 bits per heavy atom. The van der Waals surface area contributed by atoms with Crippen LogP contribution in [-0.4, -0.2) is 0 Å². The zero-order chi connectivity index (χ0) is 18.2. The number of furan rings is 2. The summed E-state index contributed by atoms with van der Waals surface area (Å²) < 4.78 is 12.6. The predicted octanol–water partition coefficient (Wildman–Crippen LogP) is 7.78. The molecule has 0 amide bonds. The maximum atomic E-state index is 5.70. The highest BCUT2D eigenvalue weighted by atomic mass is 127. The lowest BCUT2D eigenvalue weighted by Crippen LogP contribution is -1.69. The summed E-state index contributed by atoms with van der Waals surface area (Å²) in [5.74, 6) is 0. The Bertz CT molecular complexity index is 1340. The summed E-state index contributed by atoms with van der Waals surface area (Å²) in [5, 5.41) is 4.78. The first kappa shape index (κ1) is 16.4. The molecule has 27 heavy (non-hydrogen) atoms. The predicted molar refractivity (Wildman–Crippen MR) is 120 cm³/mol. The van der Waals surface area contributed by atoms with Crippen molar-refractivity contribution < 1.29 is 8.83 Å². The lowest BCUT2D eigenvalue weighted by Gasteiger charge is -1.89. The van der Waals surface area contributed by atoms with Gasteiger partial charge < -0.3 is 8.83 Å². The summed E-state index contributed by atoms with van der Waals surface area (Å²) in [6.07, 6.45) is 0. The van der Waals surface area contributed by atoms with Crippen LogP contribution in [-0.2, 0) is 0 Å². The molecule has 0 N–H and O–H groups in total. The van der Waals surface area contributed by atoms with Crippen LogP contribution in [0.3, 0.4) is 0 Å². The molecular formula is C24H15IO2. The standard InChI is InChI=1S/C12H7IO.C12H8O/c13-8-5-6-12-10(7-8)9-3-1-2-4-11(9)14-12;1-3-7-11-9(5-1)10-6-2-4-8-12(10)13-11/h1-7H;1-8H. The van der Waals surface area contributed by atoms with Crippen molar-refractivity contribution in [2.75, 3.05) is 0 Å². The van der Waals surface area contributed by atoms with Gasteiger partial charge in [-0.25, -0.2) is 0 Å². The highest BCUT2D eigenvalue weighted by Gasteiger charge is 2.05. The Balaban J connectivity index is 0.000000119. The van der Waals surface area contributed by atoms with Crippen LogP contribution in [0.4, 0.5) is 0 Å². The summed E-state index contributed by atoms with van der Waals surface area (Å²) in [4.78, 5) is 0. The fourth-order valence-electron chi connectivity index (χ4n) is 3.37. The van der Waals surface area contributed by atoms with Crippen molar-refractivity contribution in [1.29, 1.82) is 0 Å². The van der Waals surface area contributed by atoms with Crippen molar-refractivity contribution in [3.8, 4) is 0 Å². The molecule has 130 valence electrons. The minimum absolute atomic E-state index is 0.962. The fraction of sp³-hybridized carbons (Fsp3) is 0. The summed E-state index contributed by atoms with van der Waals surface area (Å²) in [6.45, 7) is 0. The molecule has 0 spiro atoms. The van der Waals surface area contributed by atoms with Gasteiger partial charge in [-0.2, -0.15) is 0 Å². The molecule has 0 aliphatic carbocycles. The Hall–Kier alpha value is -2.79. The lowest BCUT2D eigenvalue weighted by atomic mass is 10.2. The van der Waals surface area contributed by atoms with E-state index in [0.29, 0.717) is 0 Å². The van der Waals surface area contributed by atoms with Crippen LogP contribution in [0.2, 0.25) is 0 Å². The maximum absolute atomic E-state index is 5.70. The summed E-state index contributed by atoms with van der Waals surface area (Å²) in [6, 6.07) is 30.6. The molecule has 3 heteroatoms. The monoisotopic (exact) mass is 462 g/mol. The van der Waals surface area contributed by atoms with Crippen LogP contribution >= 0.6 is 22.6 Å². The second-order valence-electron chi connectivity index (χ2n) is 6.33.